The molecule has 0 aromatic carbocycles. The van der Waals surface area contributed by atoms with Gasteiger partial charge in [0.05, 0.1) is 30.8 Å². The lowest BCUT2D eigenvalue weighted by Gasteiger charge is -2.44. The summed E-state index contributed by atoms with van der Waals surface area (Å²) in [5.74, 6) is -2.66. The average Bonchev–Trinajstić information content (AvgIpc) is 3.35. The molecule has 2 bridgehead atoms. The average molecular weight is 479 g/mol. The molecule has 3 heterocycles. The number of fused-ring (bicyclic) bond motifs is 1. The molecule has 6 atom stereocenters. The van der Waals surface area contributed by atoms with E-state index in [1.165, 1.54) is 4.90 Å². The Balaban J connectivity index is 2.21. The molecule has 192 valence electrons. The summed E-state index contributed by atoms with van der Waals surface area (Å²) in [7, 11) is 0. The topological polar surface area (TPSA) is 96.4 Å². The van der Waals surface area contributed by atoms with Gasteiger partial charge in [0, 0.05) is 12.1 Å². The van der Waals surface area contributed by atoms with Crippen LogP contribution >= 0.6 is 0 Å². The summed E-state index contributed by atoms with van der Waals surface area (Å²) in [6, 6.07) is -1.51. The minimum atomic E-state index is -1.13. The lowest BCUT2D eigenvalue weighted by Crippen LogP contribution is -2.62. The molecule has 0 aromatic heterocycles. The van der Waals surface area contributed by atoms with Gasteiger partial charge in [0.15, 0.2) is 0 Å². The number of hydrogen-bond acceptors (Lipinski definition) is 6. The summed E-state index contributed by atoms with van der Waals surface area (Å²) >= 11 is 0. The Bertz CT molecular complexity index is 836. The third-order valence-corrected chi connectivity index (χ3v) is 8.09. The van der Waals surface area contributed by atoms with Gasteiger partial charge in [0.25, 0.3) is 0 Å². The largest absolute Gasteiger partial charge is 0.466 e. The normalized spacial score (nSPS) is 33.3. The number of nitrogens with zero attached hydrogens (tertiary/aromatic N) is 2. The van der Waals surface area contributed by atoms with Crippen LogP contribution < -0.4 is 0 Å². The van der Waals surface area contributed by atoms with E-state index in [2.05, 4.69) is 6.58 Å². The molecule has 0 radical (unpaired) electrons. The molecule has 1 spiro atoms. The van der Waals surface area contributed by atoms with Gasteiger partial charge in [-0.05, 0) is 52.9 Å². The third-order valence-electron chi connectivity index (χ3n) is 8.09. The second kappa shape index (κ2) is 9.26. The molecule has 2 unspecified atom stereocenters. The molecule has 0 saturated carbocycles. The van der Waals surface area contributed by atoms with Crippen LogP contribution in [-0.2, 0) is 23.9 Å². The molecule has 8 heteroatoms. The Labute approximate surface area is 203 Å². The number of hydrogen-bond donors (Lipinski definition) is 1. The van der Waals surface area contributed by atoms with Crippen molar-refractivity contribution in [1.82, 2.24) is 9.80 Å². The van der Waals surface area contributed by atoms with Gasteiger partial charge >= 0.3 is 5.97 Å². The Morgan fingerprint density at radius 2 is 1.97 bits per heavy atom. The number of rotatable bonds is 9. The van der Waals surface area contributed by atoms with Gasteiger partial charge in [0.2, 0.25) is 11.8 Å². The van der Waals surface area contributed by atoms with Gasteiger partial charge in [-0.2, -0.15) is 0 Å². The van der Waals surface area contributed by atoms with Crippen molar-refractivity contribution in [2.75, 3.05) is 19.8 Å². The Morgan fingerprint density at radius 1 is 1.32 bits per heavy atom. The van der Waals surface area contributed by atoms with Crippen molar-refractivity contribution in [3.63, 3.8) is 0 Å². The fraction of sp³-hybridized carbons (Fsp3) is 0.808. The molecule has 0 aliphatic carbocycles. The van der Waals surface area contributed by atoms with Gasteiger partial charge in [0.1, 0.15) is 17.6 Å². The quantitative estimate of drug-likeness (QED) is 0.404. The van der Waals surface area contributed by atoms with Crippen LogP contribution in [0.15, 0.2) is 12.7 Å². The lowest BCUT2D eigenvalue weighted by atomic mass is 9.65. The van der Waals surface area contributed by atoms with Gasteiger partial charge in [-0.1, -0.05) is 26.8 Å². The number of amides is 2. The molecular weight excluding hydrogens is 436 g/mol. The van der Waals surface area contributed by atoms with Crippen LogP contribution in [-0.4, -0.2) is 81.3 Å². The molecule has 1 N–H and O–H groups in total. The highest BCUT2D eigenvalue weighted by Crippen LogP contribution is 2.65. The maximum Gasteiger partial charge on any atom is 0.312 e. The maximum absolute atomic E-state index is 14.3. The Morgan fingerprint density at radius 3 is 2.44 bits per heavy atom. The second-order valence-electron chi connectivity index (χ2n) is 11.2. The zero-order valence-corrected chi connectivity index (χ0v) is 21.8. The standard InChI is InChI=1S/C26H42N2O6/c1-9-14-27(24(6,7)8)22(31)20-26-13-12-25(10-2,34-26)19(23(32)33-11-3)18(26)21(30)28(20)17(15-29)16(4)5/h9,16-20,29H,1,10-15H2,2-8H3/t17-,18-,19+,20?,25-,26?/m0/s1. The Hall–Kier alpha value is -1.93. The Kier molecular flexibility index (Phi) is 7.27. The van der Waals surface area contributed by atoms with E-state index < -0.39 is 46.6 Å². The molecular formula is C26H42N2O6. The van der Waals surface area contributed by atoms with Crippen LogP contribution in [0.1, 0.15) is 67.7 Å². The lowest BCUT2D eigenvalue weighted by molar-refractivity contribution is -0.165. The number of carbonyl (C=O) groups excluding carboxylic acids is 3. The van der Waals surface area contributed by atoms with Crippen molar-refractivity contribution in [2.24, 2.45) is 17.8 Å². The summed E-state index contributed by atoms with van der Waals surface area (Å²) in [6.45, 7) is 17.4. The summed E-state index contributed by atoms with van der Waals surface area (Å²) < 4.78 is 12.1. The van der Waals surface area contributed by atoms with Crippen molar-refractivity contribution >= 4 is 17.8 Å². The van der Waals surface area contributed by atoms with Gasteiger partial charge in [-0.3, -0.25) is 14.4 Å². The number of likely N-dealkylation sites (tertiary alicyclic amines) is 1. The number of ether oxygens (including phenoxy) is 2. The van der Waals surface area contributed by atoms with Crippen molar-refractivity contribution in [3.8, 4) is 0 Å². The number of carbonyl (C=O) groups is 3. The first-order chi connectivity index (χ1) is 15.9. The maximum atomic E-state index is 14.3. The van der Waals surface area contributed by atoms with E-state index in [0.29, 0.717) is 25.8 Å². The fourth-order valence-corrected chi connectivity index (χ4v) is 6.47. The zero-order valence-electron chi connectivity index (χ0n) is 21.8. The minimum Gasteiger partial charge on any atom is -0.466 e. The van der Waals surface area contributed by atoms with Crippen molar-refractivity contribution in [3.05, 3.63) is 12.7 Å². The highest BCUT2D eigenvalue weighted by molar-refractivity contribution is 5.99. The van der Waals surface area contributed by atoms with Crippen LogP contribution in [0.25, 0.3) is 0 Å². The molecule has 34 heavy (non-hydrogen) atoms. The highest BCUT2D eigenvalue weighted by Gasteiger charge is 2.79. The highest BCUT2D eigenvalue weighted by atomic mass is 16.6. The van der Waals surface area contributed by atoms with Crippen LogP contribution in [0.3, 0.4) is 0 Å². The van der Waals surface area contributed by atoms with Crippen molar-refractivity contribution < 1.29 is 29.0 Å². The first-order valence-electron chi connectivity index (χ1n) is 12.6. The molecule has 3 fully saturated rings. The first kappa shape index (κ1) is 26.7. The van der Waals surface area contributed by atoms with Crippen molar-refractivity contribution in [1.29, 1.82) is 0 Å². The second-order valence-corrected chi connectivity index (χ2v) is 11.2. The molecule has 0 aromatic rings. The fourth-order valence-electron chi connectivity index (χ4n) is 6.47. The molecule has 3 saturated heterocycles. The summed E-state index contributed by atoms with van der Waals surface area (Å²) in [4.78, 5) is 44.9. The van der Waals surface area contributed by atoms with E-state index in [9.17, 15) is 19.5 Å². The van der Waals surface area contributed by atoms with E-state index in [-0.39, 0.29) is 30.9 Å². The van der Waals surface area contributed by atoms with Crippen LogP contribution in [0.5, 0.6) is 0 Å². The van der Waals surface area contributed by atoms with Crippen LogP contribution in [0, 0.1) is 17.8 Å². The molecule has 8 nitrogen and oxygen atoms in total. The van der Waals surface area contributed by atoms with E-state index in [4.69, 9.17) is 9.47 Å². The van der Waals surface area contributed by atoms with Crippen LogP contribution in [0.2, 0.25) is 0 Å². The van der Waals surface area contributed by atoms with E-state index >= 15 is 0 Å². The molecule has 3 rings (SSSR count). The smallest absolute Gasteiger partial charge is 0.312 e. The first-order valence-corrected chi connectivity index (χ1v) is 12.6. The number of aliphatic hydroxyl groups excluding tert-OH is 1. The SMILES string of the molecule is C=CCN(C(=O)C1N([C@@H](CO)C(C)C)C(=O)[C@@H]2[C@H](C(=O)OCC)[C@]3(CC)CCC12O3)C(C)(C)C. The third kappa shape index (κ3) is 3.77. The number of aliphatic hydroxyl groups is 1. The summed E-state index contributed by atoms with van der Waals surface area (Å²) in [6.07, 6.45) is 3.30. The molecule has 3 aliphatic heterocycles. The van der Waals surface area contributed by atoms with Gasteiger partial charge < -0.3 is 24.4 Å². The predicted octanol–water partition coefficient (Wildman–Crippen LogP) is 2.53. The van der Waals surface area contributed by atoms with Crippen molar-refractivity contribution in [2.45, 2.75) is 96.6 Å². The molecule has 2 amide bonds. The van der Waals surface area contributed by atoms with Crippen LogP contribution in [0.4, 0.5) is 0 Å². The molecule has 3 aliphatic rings. The minimum absolute atomic E-state index is 0.0969. The summed E-state index contributed by atoms with van der Waals surface area (Å²) in [5.41, 5.74) is -2.48. The van der Waals surface area contributed by atoms with Gasteiger partial charge in [-0.25, -0.2) is 0 Å². The summed E-state index contributed by atoms with van der Waals surface area (Å²) in [5, 5.41) is 10.3. The van der Waals surface area contributed by atoms with E-state index in [1.54, 1.807) is 17.9 Å². The number of esters is 1. The predicted molar refractivity (Wildman–Crippen MR) is 128 cm³/mol. The monoisotopic (exact) mass is 478 g/mol. The van der Waals surface area contributed by atoms with E-state index in [0.717, 1.165) is 0 Å². The zero-order chi connectivity index (χ0) is 25.6. The van der Waals surface area contributed by atoms with Gasteiger partial charge in [-0.15, -0.1) is 6.58 Å². The van der Waals surface area contributed by atoms with E-state index in [1.807, 2.05) is 41.5 Å².